The molecule has 37 heavy (non-hydrogen) atoms. The van der Waals surface area contributed by atoms with Crippen LogP contribution < -0.4 is 4.74 Å². The molecule has 2 aromatic heterocycles. The fourth-order valence-corrected chi connectivity index (χ4v) is 8.02. The molecule has 3 aromatic rings. The number of piperidine rings is 1. The van der Waals surface area contributed by atoms with Crippen LogP contribution in [0.5, 0.6) is 5.06 Å². The largest absolute Gasteiger partial charge is 0.484 e. The quantitative estimate of drug-likeness (QED) is 0.519. The number of hydrogen-bond donors (Lipinski definition) is 0. The summed E-state index contributed by atoms with van der Waals surface area (Å²) in [7, 11) is 0. The lowest BCUT2D eigenvalue weighted by atomic mass is 9.73. The minimum Gasteiger partial charge on any atom is -0.484 e. The molecule has 4 aliphatic rings. The van der Waals surface area contributed by atoms with Crippen molar-refractivity contribution in [2.75, 3.05) is 26.2 Å². The molecule has 1 saturated heterocycles. The van der Waals surface area contributed by atoms with Crippen molar-refractivity contribution in [3.63, 3.8) is 0 Å². The third kappa shape index (κ3) is 3.88. The number of hydrogen-bond acceptors (Lipinski definition) is 5. The van der Waals surface area contributed by atoms with E-state index < -0.39 is 0 Å². The second kappa shape index (κ2) is 9.01. The molecule has 3 aliphatic heterocycles. The summed E-state index contributed by atoms with van der Waals surface area (Å²) >= 11 is 1.56. The van der Waals surface area contributed by atoms with Crippen LogP contribution >= 0.6 is 11.3 Å². The van der Waals surface area contributed by atoms with Crippen molar-refractivity contribution < 1.29 is 14.3 Å². The van der Waals surface area contributed by atoms with Gasteiger partial charge in [-0.2, -0.15) is 0 Å². The van der Waals surface area contributed by atoms with Crippen LogP contribution in [-0.2, 0) is 29.7 Å². The van der Waals surface area contributed by atoms with Gasteiger partial charge in [0.1, 0.15) is 0 Å². The first-order chi connectivity index (χ1) is 18.1. The van der Waals surface area contributed by atoms with E-state index in [1.165, 1.54) is 11.1 Å². The highest BCUT2D eigenvalue weighted by Crippen LogP contribution is 2.53. The Kier molecular flexibility index (Phi) is 5.61. The first-order valence-electron chi connectivity index (χ1n) is 13.5. The normalized spacial score (nSPS) is 21.8. The second-order valence-corrected chi connectivity index (χ2v) is 11.9. The number of aromatic nitrogens is 2. The van der Waals surface area contributed by atoms with Gasteiger partial charge in [0.15, 0.2) is 5.06 Å². The first-order valence-corrected chi connectivity index (χ1v) is 14.4. The maximum absolute atomic E-state index is 13.5. The highest BCUT2D eigenvalue weighted by atomic mass is 32.1. The third-order valence-corrected chi connectivity index (χ3v) is 9.97. The molecule has 1 atom stereocenters. The Bertz CT molecular complexity index is 1350. The number of rotatable bonds is 3. The molecule has 7 nitrogen and oxygen atoms in total. The molecule has 8 heteroatoms. The average molecular weight is 517 g/mol. The highest BCUT2D eigenvalue weighted by Gasteiger charge is 2.46. The van der Waals surface area contributed by atoms with Crippen LogP contribution in [0.15, 0.2) is 42.2 Å². The molecule has 7 rings (SSSR count). The summed E-state index contributed by atoms with van der Waals surface area (Å²) in [5.41, 5.74) is 5.84. The van der Waals surface area contributed by atoms with Crippen LogP contribution in [0.1, 0.15) is 70.8 Å². The fourth-order valence-electron chi connectivity index (χ4n) is 7.04. The van der Waals surface area contributed by atoms with E-state index in [9.17, 15) is 9.59 Å². The maximum atomic E-state index is 13.5. The van der Waals surface area contributed by atoms with Crippen molar-refractivity contribution in [1.29, 1.82) is 0 Å². The van der Waals surface area contributed by atoms with Crippen molar-refractivity contribution >= 4 is 23.2 Å². The lowest BCUT2D eigenvalue weighted by Gasteiger charge is -2.40. The van der Waals surface area contributed by atoms with Crippen LogP contribution in [-0.4, -0.2) is 57.4 Å². The van der Waals surface area contributed by atoms with Gasteiger partial charge in [0.25, 0.3) is 5.91 Å². The molecule has 1 spiro atoms. The molecular formula is C29H32N4O3S. The van der Waals surface area contributed by atoms with Gasteiger partial charge in [0.2, 0.25) is 5.91 Å². The molecule has 1 aliphatic carbocycles. The third-order valence-electron chi connectivity index (χ3n) is 9.04. The van der Waals surface area contributed by atoms with Crippen LogP contribution in [0.2, 0.25) is 0 Å². The lowest BCUT2D eigenvalue weighted by Crippen LogP contribution is -2.44. The monoisotopic (exact) mass is 516 g/mol. The smallest absolute Gasteiger partial charge is 0.255 e. The number of fused-ring (bicyclic) bond motifs is 4. The molecule has 0 radical (unpaired) electrons. The summed E-state index contributed by atoms with van der Waals surface area (Å²) < 4.78 is 7.91. The minimum absolute atomic E-state index is 0.0516. The predicted molar refractivity (Wildman–Crippen MR) is 141 cm³/mol. The van der Waals surface area contributed by atoms with Crippen LogP contribution in [0.3, 0.4) is 0 Å². The number of benzene rings is 1. The fraction of sp³-hybridized carbons (Fsp3) is 0.483. The Balaban J connectivity index is 1.06. The summed E-state index contributed by atoms with van der Waals surface area (Å²) in [6.07, 6.45) is 9.08. The van der Waals surface area contributed by atoms with Gasteiger partial charge in [0, 0.05) is 49.7 Å². The summed E-state index contributed by atoms with van der Waals surface area (Å²) in [5, 5.41) is 2.92. The van der Waals surface area contributed by atoms with Gasteiger partial charge < -0.3 is 19.1 Å². The number of carbonyl (C=O) groups excluding carboxylic acids is 2. The standard InChI is InChI=1S/C29H32N4O3S/c34-26(32-11-12-33-19-30-16-21(33)17-32)14-20-15-29(25-6-2-1-4-22(20)25)7-9-31(10-8-29)27(35)24-18-37-28-23(24)5-3-13-36-28/h1-2,4,6,16,18-20H,3,5,7-15,17H2. The van der Waals surface area contributed by atoms with Gasteiger partial charge in [0.05, 0.1) is 30.7 Å². The maximum Gasteiger partial charge on any atom is 0.255 e. The Hall–Kier alpha value is -3.13. The van der Waals surface area contributed by atoms with Crippen molar-refractivity contribution in [3.8, 4) is 5.06 Å². The van der Waals surface area contributed by atoms with Gasteiger partial charge in [-0.05, 0) is 54.6 Å². The molecule has 1 fully saturated rings. The molecule has 0 bridgehead atoms. The van der Waals surface area contributed by atoms with Crippen LogP contribution in [0.4, 0.5) is 0 Å². The van der Waals surface area contributed by atoms with Crippen molar-refractivity contribution in [2.24, 2.45) is 0 Å². The molecule has 0 N–H and O–H groups in total. The molecule has 192 valence electrons. The Labute approximate surface area is 221 Å². The number of imidazole rings is 1. The number of carbonyl (C=O) groups is 2. The van der Waals surface area contributed by atoms with Crippen molar-refractivity contribution in [1.82, 2.24) is 19.4 Å². The molecule has 1 aromatic carbocycles. The second-order valence-electron chi connectivity index (χ2n) is 11.0. The van der Waals surface area contributed by atoms with E-state index in [0.29, 0.717) is 13.0 Å². The number of amides is 2. The molecule has 0 saturated carbocycles. The van der Waals surface area contributed by atoms with E-state index in [1.54, 1.807) is 11.3 Å². The van der Waals surface area contributed by atoms with E-state index >= 15 is 0 Å². The van der Waals surface area contributed by atoms with E-state index in [1.807, 2.05) is 27.7 Å². The molecule has 1 unspecified atom stereocenters. The van der Waals surface area contributed by atoms with E-state index in [0.717, 1.165) is 86.8 Å². The average Bonchev–Trinajstić information content (AvgIpc) is 3.65. The number of ether oxygens (including phenoxy) is 1. The van der Waals surface area contributed by atoms with Crippen molar-refractivity contribution in [3.05, 3.63) is 70.1 Å². The van der Waals surface area contributed by atoms with Gasteiger partial charge in [-0.25, -0.2) is 4.98 Å². The van der Waals surface area contributed by atoms with E-state index in [4.69, 9.17) is 4.74 Å². The minimum atomic E-state index is 0.0516. The summed E-state index contributed by atoms with van der Waals surface area (Å²) in [6.45, 7) is 4.47. The number of likely N-dealkylation sites (tertiary alicyclic amines) is 1. The highest BCUT2D eigenvalue weighted by molar-refractivity contribution is 7.12. The summed E-state index contributed by atoms with van der Waals surface area (Å²) in [5.74, 6) is 0.625. The van der Waals surface area contributed by atoms with Gasteiger partial charge in [-0.3, -0.25) is 9.59 Å². The predicted octanol–water partition coefficient (Wildman–Crippen LogP) is 4.36. The SMILES string of the molecule is O=C(CC1CC2(CCN(C(=O)c3csc4c3CCCO4)CC2)c2ccccc21)N1CCn2cncc2C1. The zero-order valence-electron chi connectivity index (χ0n) is 21.0. The molecule has 5 heterocycles. The lowest BCUT2D eigenvalue weighted by molar-refractivity contribution is -0.133. The number of thiophene rings is 1. The number of nitrogens with zero attached hydrogens (tertiary/aromatic N) is 4. The first kappa shape index (κ1) is 23.0. The summed E-state index contributed by atoms with van der Waals surface area (Å²) in [6, 6.07) is 8.73. The molecule has 2 amide bonds. The Morgan fingerprint density at radius 3 is 2.86 bits per heavy atom. The zero-order chi connectivity index (χ0) is 25.0. The van der Waals surface area contributed by atoms with Crippen LogP contribution in [0.25, 0.3) is 0 Å². The van der Waals surface area contributed by atoms with E-state index in [2.05, 4.69) is 33.8 Å². The van der Waals surface area contributed by atoms with Crippen molar-refractivity contribution in [2.45, 2.75) is 62.9 Å². The van der Waals surface area contributed by atoms with E-state index in [-0.39, 0.29) is 23.1 Å². The zero-order valence-corrected chi connectivity index (χ0v) is 21.8. The van der Waals surface area contributed by atoms with Crippen LogP contribution in [0, 0.1) is 0 Å². The Morgan fingerprint density at radius 2 is 1.97 bits per heavy atom. The summed E-state index contributed by atoms with van der Waals surface area (Å²) in [4.78, 5) is 35.1. The van der Waals surface area contributed by atoms with Gasteiger partial charge in [-0.15, -0.1) is 11.3 Å². The van der Waals surface area contributed by atoms with Gasteiger partial charge >= 0.3 is 0 Å². The topological polar surface area (TPSA) is 67.7 Å². The molecular weight excluding hydrogens is 484 g/mol. The Morgan fingerprint density at radius 1 is 1.11 bits per heavy atom. The van der Waals surface area contributed by atoms with Gasteiger partial charge in [-0.1, -0.05) is 24.3 Å².